The monoisotopic (exact) mass is 454 g/mol. The van der Waals surface area contributed by atoms with E-state index in [1.165, 1.54) is 7.11 Å². The van der Waals surface area contributed by atoms with E-state index in [1.807, 2.05) is 27.8 Å². The summed E-state index contributed by atoms with van der Waals surface area (Å²) in [6, 6.07) is -0.470. The summed E-state index contributed by atoms with van der Waals surface area (Å²) >= 11 is 0. The van der Waals surface area contributed by atoms with Gasteiger partial charge < -0.3 is 24.7 Å². The van der Waals surface area contributed by atoms with Gasteiger partial charge in [0.25, 0.3) is 6.47 Å². The average Bonchev–Trinajstić information content (AvgIpc) is 3.15. The van der Waals surface area contributed by atoms with Crippen LogP contribution in [-0.2, 0) is 32.0 Å². The summed E-state index contributed by atoms with van der Waals surface area (Å²) in [5.74, 6) is -0.344. The van der Waals surface area contributed by atoms with Gasteiger partial charge in [-0.1, -0.05) is 0 Å². The Morgan fingerprint density at radius 2 is 1.94 bits per heavy atom. The van der Waals surface area contributed by atoms with E-state index in [1.54, 1.807) is 17.1 Å². The van der Waals surface area contributed by atoms with Crippen molar-refractivity contribution in [1.82, 2.24) is 20.2 Å². The number of halogens is 3. The number of likely N-dealkylation sites (N-methyl/N-ethyl adjacent to an activating group) is 1. The molecule has 0 aliphatic carbocycles. The van der Waals surface area contributed by atoms with E-state index in [0.29, 0.717) is 39.6 Å². The molecule has 1 atom stereocenters. The molecule has 1 aromatic heterocycles. The summed E-state index contributed by atoms with van der Waals surface area (Å²) in [4.78, 5) is 25.6. The maximum absolute atomic E-state index is 12.1. The number of carbonyl (C=O) groups excluding carboxylic acids is 2. The number of hydrogen-bond acceptors (Lipinski definition) is 7. The van der Waals surface area contributed by atoms with Gasteiger partial charge in [-0.3, -0.25) is 14.0 Å². The van der Waals surface area contributed by atoms with Crippen molar-refractivity contribution in [2.75, 3.05) is 34.4 Å². The first-order valence-corrected chi connectivity index (χ1v) is 9.86. The predicted octanol–water partition coefficient (Wildman–Crippen LogP) is 2.37. The van der Waals surface area contributed by atoms with Crippen LogP contribution >= 0.6 is 0 Å². The average molecular weight is 455 g/mol. The van der Waals surface area contributed by atoms with Crippen molar-refractivity contribution < 1.29 is 32.2 Å². The van der Waals surface area contributed by atoms with Gasteiger partial charge in [0.05, 0.1) is 26.3 Å². The Morgan fingerprint density at radius 3 is 2.39 bits per heavy atom. The molecule has 0 radical (unpaired) electrons. The normalized spacial score (nSPS) is 11.5. The zero-order valence-corrected chi connectivity index (χ0v) is 19.3. The number of ether oxygens (including phenoxy) is 2. The minimum atomic E-state index is -2.27. The third-order valence-corrected chi connectivity index (χ3v) is 3.59. The second-order valence-corrected chi connectivity index (χ2v) is 7.30. The third kappa shape index (κ3) is 18.4. The van der Waals surface area contributed by atoms with Crippen LogP contribution in [0.25, 0.3) is 0 Å². The van der Waals surface area contributed by atoms with Crippen molar-refractivity contribution in [3.8, 4) is 0 Å². The van der Waals surface area contributed by atoms with E-state index in [0.717, 1.165) is 12.2 Å². The Bertz CT molecular complexity index is 581. The molecule has 11 heteroatoms. The number of rotatable bonds is 12. The van der Waals surface area contributed by atoms with Crippen LogP contribution in [0, 0.1) is 0 Å². The second-order valence-electron chi connectivity index (χ2n) is 7.30. The van der Waals surface area contributed by atoms with Gasteiger partial charge in [-0.2, -0.15) is 0 Å². The smallest absolute Gasteiger partial charge is 0.323 e. The van der Waals surface area contributed by atoms with Gasteiger partial charge in [0.15, 0.2) is 0 Å². The summed E-state index contributed by atoms with van der Waals surface area (Å²) in [5.41, 5.74) is 0.409. The maximum Gasteiger partial charge on any atom is 0.323 e. The van der Waals surface area contributed by atoms with E-state index >= 15 is 0 Å². The number of imidazole rings is 1. The SMILES string of the molecule is CC(C)(C)OC=O.CF.CNCCN[C@@H](Cc1cn(CCCC(F)F)cn1)C(=O)OC. The highest BCUT2D eigenvalue weighted by atomic mass is 19.3. The number of carbonyl (C=O) groups is 2. The molecule has 0 saturated carbocycles. The molecule has 0 saturated heterocycles. The molecule has 0 aromatic carbocycles. The van der Waals surface area contributed by atoms with E-state index in [2.05, 4.69) is 20.4 Å². The number of nitrogens with zero attached hydrogens (tertiary/aromatic N) is 2. The Hall–Kier alpha value is -2.14. The van der Waals surface area contributed by atoms with Crippen LogP contribution in [0.2, 0.25) is 0 Å². The first kappa shape index (κ1) is 31.0. The predicted molar refractivity (Wildman–Crippen MR) is 113 cm³/mol. The minimum Gasteiger partial charge on any atom is -0.468 e. The summed E-state index contributed by atoms with van der Waals surface area (Å²) in [6.45, 7) is 7.78. The van der Waals surface area contributed by atoms with E-state index in [-0.39, 0.29) is 18.0 Å². The second kappa shape index (κ2) is 18.6. The molecular weight excluding hydrogens is 417 g/mol. The number of esters is 1. The van der Waals surface area contributed by atoms with Gasteiger partial charge >= 0.3 is 5.97 Å². The van der Waals surface area contributed by atoms with Crippen LogP contribution in [0.4, 0.5) is 13.2 Å². The highest BCUT2D eigenvalue weighted by Crippen LogP contribution is 2.07. The van der Waals surface area contributed by atoms with Gasteiger partial charge in [-0.05, 0) is 34.2 Å². The number of methoxy groups -OCH3 is 1. The quantitative estimate of drug-likeness (QED) is 0.284. The van der Waals surface area contributed by atoms with Crippen LogP contribution in [-0.4, -0.2) is 74.5 Å². The van der Waals surface area contributed by atoms with Crippen molar-refractivity contribution in [3.63, 3.8) is 0 Å². The zero-order valence-electron chi connectivity index (χ0n) is 19.3. The molecule has 8 nitrogen and oxygen atoms in total. The summed E-state index contributed by atoms with van der Waals surface area (Å²) < 4.78 is 44.8. The molecule has 0 aliphatic heterocycles. The lowest BCUT2D eigenvalue weighted by Crippen LogP contribution is -2.42. The van der Waals surface area contributed by atoms with Crippen LogP contribution in [0.15, 0.2) is 12.5 Å². The lowest BCUT2D eigenvalue weighted by Gasteiger charge is -2.15. The molecule has 1 rings (SSSR count). The number of aromatic nitrogens is 2. The van der Waals surface area contributed by atoms with Crippen LogP contribution in [0.3, 0.4) is 0 Å². The summed E-state index contributed by atoms with van der Waals surface area (Å²) in [6.07, 6.45) is 1.78. The molecule has 0 spiro atoms. The number of nitrogens with one attached hydrogen (secondary N) is 2. The zero-order chi connectivity index (χ0) is 24.3. The van der Waals surface area contributed by atoms with Crippen molar-refractivity contribution in [2.45, 2.75) is 64.6 Å². The molecule has 2 N–H and O–H groups in total. The molecule has 0 bridgehead atoms. The first-order chi connectivity index (χ1) is 14.6. The Balaban J connectivity index is 0. The molecule has 1 heterocycles. The minimum absolute atomic E-state index is 0.121. The molecule has 1 aromatic rings. The fourth-order valence-electron chi connectivity index (χ4n) is 2.17. The fourth-order valence-corrected chi connectivity index (χ4v) is 2.17. The van der Waals surface area contributed by atoms with Crippen LogP contribution in [0.1, 0.15) is 39.3 Å². The van der Waals surface area contributed by atoms with Crippen molar-refractivity contribution in [1.29, 1.82) is 0 Å². The number of hydrogen-bond donors (Lipinski definition) is 2. The molecule has 0 aliphatic rings. The summed E-state index contributed by atoms with van der Waals surface area (Å²) in [5, 5.41) is 6.09. The standard InChI is InChI=1S/C14H24F2N4O2.C5H10O2.CH3F/c1-17-5-6-18-12(14(21)22-2)8-11-9-20(10-19-11)7-3-4-13(15)16;1-5(2,3)7-4-6;1-2/h9-10,12-13,17-18H,3-8H2,1-2H3;4H,1-3H3;1H3/t12-;;/m0../s1. The van der Waals surface area contributed by atoms with Gasteiger partial charge in [0.2, 0.25) is 6.43 Å². The van der Waals surface area contributed by atoms with Gasteiger partial charge in [-0.25, -0.2) is 13.8 Å². The molecule has 182 valence electrons. The van der Waals surface area contributed by atoms with Crippen LogP contribution in [0.5, 0.6) is 0 Å². The van der Waals surface area contributed by atoms with Gasteiger partial charge in [0.1, 0.15) is 11.6 Å². The highest BCUT2D eigenvalue weighted by molar-refractivity contribution is 5.75. The Morgan fingerprint density at radius 1 is 1.29 bits per heavy atom. The van der Waals surface area contributed by atoms with Crippen molar-refractivity contribution >= 4 is 12.4 Å². The molecule has 0 amide bonds. The van der Waals surface area contributed by atoms with E-state index < -0.39 is 12.5 Å². The lowest BCUT2D eigenvalue weighted by molar-refractivity contribution is -0.143. The van der Waals surface area contributed by atoms with E-state index in [9.17, 15) is 22.8 Å². The molecular formula is C20H37F3N4O4. The Kier molecular flexibility index (Phi) is 18.6. The lowest BCUT2D eigenvalue weighted by atomic mass is 10.1. The largest absolute Gasteiger partial charge is 0.468 e. The van der Waals surface area contributed by atoms with Crippen molar-refractivity contribution in [3.05, 3.63) is 18.2 Å². The number of alkyl halides is 3. The van der Waals surface area contributed by atoms with Crippen molar-refractivity contribution in [2.24, 2.45) is 0 Å². The fraction of sp³-hybridized carbons (Fsp3) is 0.750. The maximum atomic E-state index is 12.1. The highest BCUT2D eigenvalue weighted by Gasteiger charge is 2.20. The summed E-state index contributed by atoms with van der Waals surface area (Å²) in [7, 11) is 3.67. The number of aryl methyl sites for hydroxylation is 1. The molecule has 31 heavy (non-hydrogen) atoms. The molecule has 0 unspecified atom stereocenters. The topological polar surface area (TPSA) is 94.5 Å². The van der Waals surface area contributed by atoms with E-state index in [4.69, 9.17) is 4.74 Å². The van der Waals surface area contributed by atoms with Gasteiger partial charge in [0, 0.05) is 38.7 Å². The first-order valence-electron chi connectivity index (χ1n) is 9.86. The molecule has 0 fully saturated rings. The third-order valence-electron chi connectivity index (χ3n) is 3.59. The Labute approximate surface area is 182 Å². The van der Waals surface area contributed by atoms with Gasteiger partial charge in [-0.15, -0.1) is 0 Å². The van der Waals surface area contributed by atoms with Crippen LogP contribution < -0.4 is 10.6 Å².